The van der Waals surface area contributed by atoms with Crippen LogP contribution in [0, 0.1) is 10.8 Å². The van der Waals surface area contributed by atoms with Crippen LogP contribution in [0.5, 0.6) is 0 Å². The van der Waals surface area contributed by atoms with E-state index in [4.69, 9.17) is 5.73 Å². The lowest BCUT2D eigenvalue weighted by Crippen LogP contribution is -2.75. The van der Waals surface area contributed by atoms with Gasteiger partial charge in [0.1, 0.15) is 0 Å². The van der Waals surface area contributed by atoms with Crippen LogP contribution in [0.25, 0.3) is 0 Å². The van der Waals surface area contributed by atoms with Crippen LogP contribution in [0.1, 0.15) is 26.7 Å². The van der Waals surface area contributed by atoms with Gasteiger partial charge in [0.2, 0.25) is 0 Å². The van der Waals surface area contributed by atoms with Gasteiger partial charge in [-0.3, -0.25) is 0 Å². The van der Waals surface area contributed by atoms with Crippen molar-refractivity contribution in [2.75, 3.05) is 0 Å². The zero-order valence-corrected chi connectivity index (χ0v) is 5.57. The Morgan fingerprint density at radius 2 is 1.62 bits per heavy atom. The maximum absolute atomic E-state index is 5.84. The lowest BCUT2D eigenvalue weighted by molar-refractivity contribution is -0.203. The van der Waals surface area contributed by atoms with Gasteiger partial charge in [-0.05, 0) is 23.7 Å². The van der Waals surface area contributed by atoms with Gasteiger partial charge in [-0.25, -0.2) is 0 Å². The lowest BCUT2D eigenvalue weighted by Gasteiger charge is -2.73. The quantitative estimate of drug-likeness (QED) is 0.498. The van der Waals surface area contributed by atoms with Crippen molar-refractivity contribution in [1.82, 2.24) is 0 Å². The summed E-state index contributed by atoms with van der Waals surface area (Å²) < 4.78 is 0. The Hall–Kier alpha value is -0.0400. The molecule has 0 unspecified atom stereocenters. The summed E-state index contributed by atoms with van der Waals surface area (Å²) in [6.07, 6.45) is 2.75. The largest absolute Gasteiger partial charge is 0.327 e. The van der Waals surface area contributed by atoms with Crippen molar-refractivity contribution in [3.8, 4) is 0 Å². The van der Waals surface area contributed by atoms with Crippen molar-refractivity contribution >= 4 is 0 Å². The van der Waals surface area contributed by atoms with Crippen molar-refractivity contribution in [2.45, 2.75) is 32.7 Å². The first-order valence-corrected chi connectivity index (χ1v) is 3.32. The van der Waals surface area contributed by atoms with Crippen LogP contribution < -0.4 is 5.73 Å². The number of rotatable bonds is 0. The summed E-state index contributed by atoms with van der Waals surface area (Å²) in [7, 11) is 0. The molecule has 1 nitrogen and oxygen atoms in total. The van der Waals surface area contributed by atoms with E-state index in [0.29, 0.717) is 16.9 Å². The summed E-state index contributed by atoms with van der Waals surface area (Å²) in [5, 5.41) is 0. The van der Waals surface area contributed by atoms with Crippen LogP contribution in [-0.2, 0) is 0 Å². The summed E-state index contributed by atoms with van der Waals surface area (Å²) in [5.41, 5.74) is 6.97. The third-order valence-electron chi connectivity index (χ3n) is 3.12. The maximum atomic E-state index is 5.84. The van der Waals surface area contributed by atoms with Crippen LogP contribution in [0.3, 0.4) is 0 Å². The van der Waals surface area contributed by atoms with Crippen LogP contribution >= 0.6 is 0 Å². The monoisotopic (exact) mass is 111 g/mol. The van der Waals surface area contributed by atoms with E-state index >= 15 is 0 Å². The van der Waals surface area contributed by atoms with Crippen molar-refractivity contribution in [1.29, 1.82) is 0 Å². The molecule has 3 aliphatic carbocycles. The highest BCUT2D eigenvalue weighted by atomic mass is 14.9. The Morgan fingerprint density at radius 1 is 1.25 bits per heavy atom. The minimum absolute atomic E-state index is 0.523. The molecule has 0 amide bonds. The molecule has 3 rings (SSSR count). The van der Waals surface area contributed by atoms with Gasteiger partial charge in [-0.1, -0.05) is 13.8 Å². The highest BCUT2D eigenvalue weighted by Crippen LogP contribution is 2.71. The van der Waals surface area contributed by atoms with E-state index in [1.165, 1.54) is 12.8 Å². The van der Waals surface area contributed by atoms with E-state index in [0.717, 1.165) is 0 Å². The average Bonchev–Trinajstić information content (AvgIpc) is 1.66. The fourth-order valence-electron chi connectivity index (χ4n) is 2.81. The molecule has 3 fully saturated rings. The Kier molecular flexibility index (Phi) is 0.516. The van der Waals surface area contributed by atoms with E-state index in [1.807, 2.05) is 0 Å². The molecule has 0 aliphatic heterocycles. The number of hydrogen-bond acceptors (Lipinski definition) is 1. The average molecular weight is 111 g/mol. The third kappa shape index (κ3) is 0.255. The molecule has 3 saturated carbocycles. The third-order valence-corrected chi connectivity index (χ3v) is 3.12. The Morgan fingerprint density at radius 3 is 1.62 bits per heavy atom. The summed E-state index contributed by atoms with van der Waals surface area (Å²) in [5.74, 6) is 0. The first-order chi connectivity index (χ1) is 3.57. The van der Waals surface area contributed by atoms with Crippen molar-refractivity contribution in [3.63, 3.8) is 0 Å². The Labute approximate surface area is 50.3 Å². The second-order valence-corrected chi connectivity index (χ2v) is 4.14. The Bertz CT molecular complexity index is 119. The molecule has 0 aromatic heterocycles. The maximum Gasteiger partial charge on any atom is 0.0148 e. The molecule has 1 heteroatoms. The van der Waals surface area contributed by atoms with E-state index < -0.39 is 0 Å². The minimum Gasteiger partial charge on any atom is -0.327 e. The normalized spacial score (nSPS) is 68.6. The smallest absolute Gasteiger partial charge is 0.0148 e. The lowest BCUT2D eigenvalue weighted by atomic mass is 9.33. The minimum atomic E-state index is 0.523. The summed E-state index contributed by atoms with van der Waals surface area (Å²) in [6, 6.07) is 0.523. The molecule has 2 N–H and O–H groups in total. The highest BCUT2D eigenvalue weighted by molar-refractivity contribution is 5.22. The fourth-order valence-corrected chi connectivity index (χ4v) is 2.81. The van der Waals surface area contributed by atoms with Crippen LogP contribution in [0.15, 0.2) is 0 Å². The summed E-state index contributed by atoms with van der Waals surface area (Å²) in [6.45, 7) is 4.59. The molecule has 0 aromatic rings. The molecular formula is C7H13N. The van der Waals surface area contributed by atoms with Crippen molar-refractivity contribution in [2.24, 2.45) is 16.6 Å². The molecule has 0 spiro atoms. The fraction of sp³-hybridized carbons (Fsp3) is 1.00. The van der Waals surface area contributed by atoms with Crippen LogP contribution in [0.2, 0.25) is 0 Å². The van der Waals surface area contributed by atoms with Crippen LogP contribution in [0.4, 0.5) is 0 Å². The second-order valence-electron chi connectivity index (χ2n) is 4.14. The molecule has 0 saturated heterocycles. The predicted molar refractivity (Wildman–Crippen MR) is 33.4 cm³/mol. The van der Waals surface area contributed by atoms with Gasteiger partial charge < -0.3 is 5.73 Å². The number of hydrogen-bond donors (Lipinski definition) is 1. The zero-order valence-electron chi connectivity index (χ0n) is 5.57. The van der Waals surface area contributed by atoms with E-state index in [-0.39, 0.29) is 0 Å². The van der Waals surface area contributed by atoms with E-state index in [2.05, 4.69) is 13.8 Å². The zero-order chi connectivity index (χ0) is 5.99. The summed E-state index contributed by atoms with van der Waals surface area (Å²) >= 11 is 0. The van der Waals surface area contributed by atoms with Gasteiger partial charge in [0, 0.05) is 6.04 Å². The molecule has 2 bridgehead atoms. The van der Waals surface area contributed by atoms with Crippen molar-refractivity contribution in [3.05, 3.63) is 0 Å². The van der Waals surface area contributed by atoms with E-state index in [9.17, 15) is 0 Å². The van der Waals surface area contributed by atoms with Gasteiger partial charge >= 0.3 is 0 Å². The SMILES string of the molecule is CC12CC(C)(C1)C2N. The molecule has 46 valence electrons. The molecule has 0 atom stereocenters. The van der Waals surface area contributed by atoms with Gasteiger partial charge in [-0.2, -0.15) is 0 Å². The Balaban J connectivity index is 2.21. The topological polar surface area (TPSA) is 26.0 Å². The van der Waals surface area contributed by atoms with Gasteiger partial charge in [0.25, 0.3) is 0 Å². The molecule has 8 heavy (non-hydrogen) atoms. The molecule has 3 aliphatic rings. The van der Waals surface area contributed by atoms with Crippen molar-refractivity contribution < 1.29 is 0 Å². The molecule has 0 radical (unpaired) electrons. The van der Waals surface area contributed by atoms with Gasteiger partial charge in [0.05, 0.1) is 0 Å². The first-order valence-electron chi connectivity index (χ1n) is 3.32. The second kappa shape index (κ2) is 0.860. The molecule has 0 aromatic carbocycles. The summed E-state index contributed by atoms with van der Waals surface area (Å²) in [4.78, 5) is 0. The van der Waals surface area contributed by atoms with Gasteiger partial charge in [0.15, 0.2) is 0 Å². The first kappa shape index (κ1) is 4.80. The predicted octanol–water partition coefficient (Wildman–Crippen LogP) is 1.13. The number of nitrogens with two attached hydrogens (primary N) is 1. The van der Waals surface area contributed by atoms with Gasteiger partial charge in [-0.15, -0.1) is 0 Å². The molecule has 0 heterocycles. The highest BCUT2D eigenvalue weighted by Gasteiger charge is 2.68. The van der Waals surface area contributed by atoms with E-state index in [1.54, 1.807) is 0 Å². The standard InChI is InChI=1S/C7H13N/c1-6-3-7(2,4-6)5(6)8/h5H,3-4,8H2,1-2H3. The molecular weight excluding hydrogens is 98.1 g/mol. The van der Waals surface area contributed by atoms with Crippen LogP contribution in [-0.4, -0.2) is 6.04 Å².